The third-order valence-electron chi connectivity index (χ3n) is 3.14. The Hall–Kier alpha value is -1.44. The minimum atomic E-state index is -0.250. The van der Waals surface area contributed by atoms with E-state index in [2.05, 4.69) is 0 Å². The lowest BCUT2D eigenvalue weighted by Crippen LogP contribution is -2.17. The molecule has 0 N–H and O–H groups in total. The number of hydrogen-bond donors (Lipinski definition) is 0. The van der Waals surface area contributed by atoms with Crippen LogP contribution in [0, 0.1) is 11.2 Å². The summed E-state index contributed by atoms with van der Waals surface area (Å²) in [7, 11) is 0. The highest BCUT2D eigenvalue weighted by Gasteiger charge is 2.36. The molecule has 1 aliphatic rings. The summed E-state index contributed by atoms with van der Waals surface area (Å²) in [6.45, 7) is 3.95. The normalized spacial score (nSPS) is 21.7. The maximum absolute atomic E-state index is 12.7. The Morgan fingerprint density at radius 3 is 2.38 bits per heavy atom. The van der Waals surface area contributed by atoms with Crippen LogP contribution in [-0.4, -0.2) is 5.78 Å². The molecular weight excluding hydrogens is 203 g/mol. The fourth-order valence-corrected chi connectivity index (χ4v) is 2.01. The van der Waals surface area contributed by atoms with Crippen LogP contribution in [0.1, 0.15) is 32.3 Å². The van der Waals surface area contributed by atoms with Crippen molar-refractivity contribution in [3.63, 3.8) is 0 Å². The van der Waals surface area contributed by atoms with Crippen LogP contribution in [0.15, 0.2) is 29.8 Å². The van der Waals surface area contributed by atoms with Gasteiger partial charge in [0.05, 0.1) is 0 Å². The maximum Gasteiger partial charge on any atom is 0.164 e. The van der Waals surface area contributed by atoms with Crippen molar-refractivity contribution in [3.05, 3.63) is 41.2 Å². The summed E-state index contributed by atoms with van der Waals surface area (Å²) in [6.07, 6.45) is 3.60. The minimum Gasteiger partial charge on any atom is -0.294 e. The van der Waals surface area contributed by atoms with Crippen molar-refractivity contribution in [3.8, 4) is 0 Å². The molecule has 0 unspecified atom stereocenters. The van der Waals surface area contributed by atoms with Gasteiger partial charge in [-0.15, -0.1) is 0 Å². The summed E-state index contributed by atoms with van der Waals surface area (Å²) >= 11 is 0. The van der Waals surface area contributed by atoms with Gasteiger partial charge in [-0.05, 0) is 42.2 Å². The monoisotopic (exact) mass is 218 g/mol. The highest BCUT2D eigenvalue weighted by Crippen LogP contribution is 2.37. The Kier molecular flexibility index (Phi) is 2.66. The Morgan fingerprint density at radius 2 is 1.88 bits per heavy atom. The molecule has 1 saturated carbocycles. The second-order valence-electron chi connectivity index (χ2n) is 4.93. The summed E-state index contributed by atoms with van der Waals surface area (Å²) < 4.78 is 12.7. The lowest BCUT2D eigenvalue weighted by Gasteiger charge is -2.12. The quantitative estimate of drug-likeness (QED) is 0.658. The van der Waals surface area contributed by atoms with Crippen molar-refractivity contribution < 1.29 is 9.18 Å². The van der Waals surface area contributed by atoms with Gasteiger partial charge in [0.2, 0.25) is 0 Å². The topological polar surface area (TPSA) is 17.1 Å². The summed E-state index contributed by atoms with van der Waals surface area (Å²) in [4.78, 5) is 12.0. The van der Waals surface area contributed by atoms with Crippen molar-refractivity contribution in [1.82, 2.24) is 0 Å². The van der Waals surface area contributed by atoms with Gasteiger partial charge >= 0.3 is 0 Å². The molecule has 0 radical (unpaired) electrons. The number of allylic oxidation sites excluding steroid dienone is 1. The van der Waals surface area contributed by atoms with Crippen LogP contribution < -0.4 is 0 Å². The number of hydrogen-bond acceptors (Lipinski definition) is 1. The largest absolute Gasteiger partial charge is 0.294 e. The van der Waals surface area contributed by atoms with E-state index in [4.69, 9.17) is 0 Å². The highest BCUT2D eigenvalue weighted by atomic mass is 19.1. The van der Waals surface area contributed by atoms with Crippen LogP contribution in [0.25, 0.3) is 6.08 Å². The maximum atomic E-state index is 12.7. The van der Waals surface area contributed by atoms with Crippen LogP contribution in [-0.2, 0) is 4.79 Å². The fraction of sp³-hybridized carbons (Fsp3) is 0.357. The molecular formula is C14H15FO. The van der Waals surface area contributed by atoms with E-state index in [9.17, 15) is 9.18 Å². The molecule has 0 atom stereocenters. The van der Waals surface area contributed by atoms with Crippen molar-refractivity contribution in [1.29, 1.82) is 0 Å². The Morgan fingerprint density at radius 1 is 1.25 bits per heavy atom. The molecule has 0 heterocycles. The van der Waals surface area contributed by atoms with Gasteiger partial charge in [0.1, 0.15) is 5.82 Å². The van der Waals surface area contributed by atoms with Gasteiger partial charge in [0, 0.05) is 5.41 Å². The van der Waals surface area contributed by atoms with Crippen LogP contribution >= 0.6 is 0 Å². The fourth-order valence-electron chi connectivity index (χ4n) is 2.01. The molecule has 1 aliphatic carbocycles. The number of rotatable bonds is 1. The lowest BCUT2D eigenvalue weighted by molar-refractivity contribution is -0.121. The summed E-state index contributed by atoms with van der Waals surface area (Å²) in [5, 5.41) is 0. The van der Waals surface area contributed by atoms with Crippen LogP contribution in [0.5, 0.6) is 0 Å². The number of halogens is 1. The smallest absolute Gasteiger partial charge is 0.164 e. The molecule has 2 rings (SSSR count). The molecule has 0 spiro atoms. The molecule has 0 aliphatic heterocycles. The van der Waals surface area contributed by atoms with E-state index in [-0.39, 0.29) is 17.0 Å². The van der Waals surface area contributed by atoms with E-state index in [1.54, 1.807) is 12.1 Å². The van der Waals surface area contributed by atoms with E-state index in [1.165, 1.54) is 12.1 Å². The third kappa shape index (κ3) is 2.06. The summed E-state index contributed by atoms with van der Waals surface area (Å²) in [6, 6.07) is 6.22. The van der Waals surface area contributed by atoms with Gasteiger partial charge < -0.3 is 0 Å². The van der Waals surface area contributed by atoms with Gasteiger partial charge in [0.15, 0.2) is 5.78 Å². The number of carbonyl (C=O) groups is 1. The molecule has 2 heteroatoms. The predicted molar refractivity (Wildman–Crippen MR) is 62.4 cm³/mol. The number of benzene rings is 1. The zero-order valence-electron chi connectivity index (χ0n) is 9.59. The average Bonchev–Trinajstić information content (AvgIpc) is 2.49. The number of carbonyl (C=O) groups excluding carboxylic acids is 1. The van der Waals surface area contributed by atoms with Gasteiger partial charge in [0.25, 0.3) is 0 Å². The van der Waals surface area contributed by atoms with Gasteiger partial charge in [-0.3, -0.25) is 4.79 Å². The van der Waals surface area contributed by atoms with E-state index in [1.807, 2.05) is 19.9 Å². The van der Waals surface area contributed by atoms with Crippen LogP contribution in [0.3, 0.4) is 0 Å². The molecule has 0 bridgehead atoms. The molecule has 1 nitrogen and oxygen atoms in total. The van der Waals surface area contributed by atoms with E-state index < -0.39 is 0 Å². The molecule has 0 saturated heterocycles. The first kappa shape index (κ1) is 11.1. The minimum absolute atomic E-state index is 0.219. The third-order valence-corrected chi connectivity index (χ3v) is 3.14. The summed E-state index contributed by atoms with van der Waals surface area (Å²) in [5.74, 6) is -0.0305. The molecule has 84 valence electrons. The second-order valence-corrected chi connectivity index (χ2v) is 4.93. The average molecular weight is 218 g/mol. The van der Waals surface area contributed by atoms with Crippen molar-refractivity contribution in [2.24, 2.45) is 5.41 Å². The van der Waals surface area contributed by atoms with Gasteiger partial charge in [-0.25, -0.2) is 4.39 Å². The van der Waals surface area contributed by atoms with E-state index in [0.717, 1.165) is 24.0 Å². The van der Waals surface area contributed by atoms with E-state index in [0.29, 0.717) is 0 Å². The van der Waals surface area contributed by atoms with Crippen LogP contribution in [0.4, 0.5) is 4.39 Å². The van der Waals surface area contributed by atoms with Crippen molar-refractivity contribution in [2.45, 2.75) is 26.7 Å². The molecule has 1 aromatic rings. The molecule has 1 fully saturated rings. The van der Waals surface area contributed by atoms with Crippen molar-refractivity contribution in [2.75, 3.05) is 0 Å². The molecule has 16 heavy (non-hydrogen) atoms. The first-order chi connectivity index (χ1) is 7.49. The SMILES string of the molecule is CC1(C)CCC(=Cc2ccc(F)cc2)C1=O. The van der Waals surface area contributed by atoms with E-state index >= 15 is 0 Å². The lowest BCUT2D eigenvalue weighted by atomic mass is 9.90. The highest BCUT2D eigenvalue weighted by molar-refractivity contribution is 6.05. The zero-order valence-corrected chi connectivity index (χ0v) is 9.59. The van der Waals surface area contributed by atoms with Gasteiger partial charge in [-0.1, -0.05) is 26.0 Å². The zero-order chi connectivity index (χ0) is 11.8. The molecule has 0 amide bonds. The first-order valence-corrected chi connectivity index (χ1v) is 5.50. The first-order valence-electron chi connectivity index (χ1n) is 5.50. The number of Topliss-reactive ketones (excluding diaryl/α,β-unsaturated/α-hetero) is 1. The van der Waals surface area contributed by atoms with Crippen LogP contribution in [0.2, 0.25) is 0 Å². The predicted octanol–water partition coefficient (Wildman–Crippen LogP) is 3.60. The standard InChI is InChI=1S/C14H15FO/c1-14(2)8-7-11(13(14)16)9-10-3-5-12(15)6-4-10/h3-6,9H,7-8H2,1-2H3. The van der Waals surface area contributed by atoms with Gasteiger partial charge in [-0.2, -0.15) is 0 Å². The van der Waals surface area contributed by atoms with Crippen molar-refractivity contribution >= 4 is 11.9 Å². The summed E-state index contributed by atoms with van der Waals surface area (Å²) in [5.41, 5.74) is 1.52. The Balaban J connectivity index is 2.26. The molecule has 0 aromatic heterocycles. The Labute approximate surface area is 95.0 Å². The second kappa shape index (κ2) is 3.85. The Bertz CT molecular complexity index is 440. The number of ketones is 1. The molecule has 1 aromatic carbocycles.